The lowest BCUT2D eigenvalue weighted by molar-refractivity contribution is -0.116. The van der Waals surface area contributed by atoms with Crippen molar-refractivity contribution in [1.29, 1.82) is 0 Å². The van der Waals surface area contributed by atoms with E-state index in [9.17, 15) is 4.79 Å². The molecule has 0 spiro atoms. The molecule has 1 aliphatic heterocycles. The number of amides is 1. The zero-order valence-corrected chi connectivity index (χ0v) is 13.8. The van der Waals surface area contributed by atoms with E-state index in [0.29, 0.717) is 36.3 Å². The molecule has 0 unspecified atom stereocenters. The summed E-state index contributed by atoms with van der Waals surface area (Å²) in [4.78, 5) is 15.9. The highest BCUT2D eigenvalue weighted by atomic mass is 35.5. The van der Waals surface area contributed by atoms with Crippen LogP contribution >= 0.6 is 11.6 Å². The second-order valence-corrected chi connectivity index (χ2v) is 5.70. The molecule has 3 rings (SSSR count). The van der Waals surface area contributed by atoms with E-state index in [0.717, 1.165) is 17.5 Å². The number of carbonyl (C=O) groups excluding carboxylic acids is 1. The molecule has 0 atom stereocenters. The predicted octanol–water partition coefficient (Wildman–Crippen LogP) is 3.23. The predicted molar refractivity (Wildman–Crippen MR) is 92.2 cm³/mol. The summed E-state index contributed by atoms with van der Waals surface area (Å²) in [6, 6.07) is 7.31. The van der Waals surface area contributed by atoms with Crippen molar-refractivity contribution in [2.24, 2.45) is 0 Å². The maximum Gasteiger partial charge on any atom is 0.244 e. The number of rotatable bonds is 4. The molecule has 2 aromatic rings. The molecule has 1 aromatic heterocycles. The smallest absolute Gasteiger partial charge is 0.244 e. The fraction of sp³-hybridized carbons (Fsp3) is 0.222. The summed E-state index contributed by atoms with van der Waals surface area (Å²) in [5, 5.41) is 3.31. The molecule has 0 saturated heterocycles. The zero-order valence-electron chi connectivity index (χ0n) is 13.0. The molecule has 5 nitrogen and oxygen atoms in total. The van der Waals surface area contributed by atoms with Crippen molar-refractivity contribution in [3.05, 3.63) is 58.9 Å². The molecule has 124 valence electrons. The van der Waals surface area contributed by atoms with Crippen LogP contribution in [0, 0.1) is 0 Å². The lowest BCUT2D eigenvalue weighted by Crippen LogP contribution is -2.20. The molecule has 0 saturated carbocycles. The Hall–Kier alpha value is -2.53. The first-order valence-electron chi connectivity index (χ1n) is 7.66. The van der Waals surface area contributed by atoms with Gasteiger partial charge in [0.15, 0.2) is 11.5 Å². The Labute approximate surface area is 145 Å². The van der Waals surface area contributed by atoms with Crippen LogP contribution in [0.15, 0.2) is 42.7 Å². The zero-order chi connectivity index (χ0) is 16.8. The number of benzene rings is 1. The van der Waals surface area contributed by atoms with Gasteiger partial charge >= 0.3 is 0 Å². The lowest BCUT2D eigenvalue weighted by atomic mass is 10.2. The second kappa shape index (κ2) is 7.84. The highest BCUT2D eigenvalue weighted by molar-refractivity contribution is 6.32. The normalized spacial score (nSPS) is 13.5. The molecule has 2 heterocycles. The average Bonchev–Trinajstić information content (AvgIpc) is 2.85. The van der Waals surface area contributed by atoms with Crippen LogP contribution in [0.5, 0.6) is 11.5 Å². The number of halogens is 1. The molecule has 1 N–H and O–H groups in total. The number of aromatic nitrogens is 1. The highest BCUT2D eigenvalue weighted by Crippen LogP contribution is 2.37. The Morgan fingerprint density at radius 2 is 2.21 bits per heavy atom. The van der Waals surface area contributed by atoms with Gasteiger partial charge in [-0.1, -0.05) is 17.7 Å². The van der Waals surface area contributed by atoms with E-state index in [4.69, 9.17) is 21.1 Å². The monoisotopic (exact) mass is 344 g/mol. The van der Waals surface area contributed by atoms with Gasteiger partial charge in [-0.25, -0.2) is 0 Å². The summed E-state index contributed by atoms with van der Waals surface area (Å²) in [6.07, 6.45) is 7.37. The van der Waals surface area contributed by atoms with E-state index in [1.165, 1.54) is 6.08 Å². The van der Waals surface area contributed by atoms with Crippen molar-refractivity contribution >= 4 is 23.6 Å². The van der Waals surface area contributed by atoms with Gasteiger partial charge < -0.3 is 14.8 Å². The van der Waals surface area contributed by atoms with Crippen molar-refractivity contribution in [2.75, 3.05) is 13.2 Å². The Balaban J connectivity index is 1.62. The highest BCUT2D eigenvalue weighted by Gasteiger charge is 2.15. The number of hydrogen-bond donors (Lipinski definition) is 1. The SMILES string of the molecule is O=C(/C=C/c1cccnc1)NCc1cc(Cl)c2c(c1)OCCCO2. The molecule has 1 aromatic carbocycles. The Bertz CT molecular complexity index is 747. The summed E-state index contributed by atoms with van der Waals surface area (Å²) >= 11 is 6.24. The Morgan fingerprint density at radius 1 is 1.33 bits per heavy atom. The Morgan fingerprint density at radius 3 is 3.04 bits per heavy atom. The van der Waals surface area contributed by atoms with E-state index < -0.39 is 0 Å². The van der Waals surface area contributed by atoms with Crippen molar-refractivity contribution in [3.8, 4) is 11.5 Å². The maximum atomic E-state index is 11.9. The fourth-order valence-corrected chi connectivity index (χ4v) is 2.57. The van der Waals surface area contributed by atoms with Crippen molar-refractivity contribution < 1.29 is 14.3 Å². The lowest BCUT2D eigenvalue weighted by Gasteiger charge is -2.11. The third-order valence-corrected chi connectivity index (χ3v) is 3.72. The van der Waals surface area contributed by atoms with Crippen LogP contribution in [-0.2, 0) is 11.3 Å². The van der Waals surface area contributed by atoms with Crippen molar-refractivity contribution in [1.82, 2.24) is 10.3 Å². The summed E-state index contributed by atoms with van der Waals surface area (Å²) in [6.45, 7) is 1.53. The summed E-state index contributed by atoms with van der Waals surface area (Å²) < 4.78 is 11.2. The van der Waals surface area contributed by atoms with Gasteiger partial charge in [-0.3, -0.25) is 9.78 Å². The largest absolute Gasteiger partial charge is 0.489 e. The standard InChI is InChI=1S/C18H17ClN2O3/c19-15-9-14(10-16-18(15)24-8-2-7-23-16)12-21-17(22)5-4-13-3-1-6-20-11-13/h1,3-6,9-11H,2,7-8,12H2,(H,21,22)/b5-4+. The minimum atomic E-state index is -0.193. The van der Waals surface area contributed by atoms with E-state index in [2.05, 4.69) is 10.3 Å². The van der Waals surface area contributed by atoms with Crippen LogP contribution in [0.1, 0.15) is 17.5 Å². The molecule has 0 bridgehead atoms. The minimum Gasteiger partial charge on any atom is -0.489 e. The van der Waals surface area contributed by atoms with Gasteiger partial charge in [0.2, 0.25) is 5.91 Å². The average molecular weight is 345 g/mol. The fourth-order valence-electron chi connectivity index (χ4n) is 2.28. The van der Waals surface area contributed by atoms with Crippen LogP contribution in [0.2, 0.25) is 5.02 Å². The number of ether oxygens (including phenoxy) is 2. The second-order valence-electron chi connectivity index (χ2n) is 5.29. The molecule has 0 aliphatic carbocycles. The van der Waals surface area contributed by atoms with Gasteiger partial charge in [0.1, 0.15) is 0 Å². The van der Waals surface area contributed by atoms with Crippen molar-refractivity contribution in [2.45, 2.75) is 13.0 Å². The van der Waals surface area contributed by atoms with Gasteiger partial charge in [-0.2, -0.15) is 0 Å². The van der Waals surface area contributed by atoms with E-state index in [1.807, 2.05) is 18.2 Å². The molecular formula is C18H17ClN2O3. The van der Waals surface area contributed by atoms with Gasteiger partial charge in [-0.05, 0) is 35.4 Å². The van der Waals surface area contributed by atoms with Gasteiger partial charge in [0.05, 0.1) is 18.2 Å². The van der Waals surface area contributed by atoms with E-state index >= 15 is 0 Å². The first-order chi connectivity index (χ1) is 11.7. The van der Waals surface area contributed by atoms with Crippen LogP contribution < -0.4 is 14.8 Å². The van der Waals surface area contributed by atoms with Crippen molar-refractivity contribution in [3.63, 3.8) is 0 Å². The number of carbonyl (C=O) groups is 1. The van der Waals surface area contributed by atoms with Crippen LogP contribution in [0.4, 0.5) is 0 Å². The third kappa shape index (κ3) is 4.26. The number of nitrogens with one attached hydrogen (secondary N) is 1. The molecular weight excluding hydrogens is 328 g/mol. The first-order valence-corrected chi connectivity index (χ1v) is 8.04. The summed E-state index contributed by atoms with van der Waals surface area (Å²) in [5.41, 5.74) is 1.72. The van der Waals surface area contributed by atoms with Crippen LogP contribution in [0.3, 0.4) is 0 Å². The van der Waals surface area contributed by atoms with Crippen LogP contribution in [0.25, 0.3) is 6.08 Å². The number of nitrogens with zero attached hydrogens (tertiary/aromatic N) is 1. The molecule has 1 aliphatic rings. The number of fused-ring (bicyclic) bond motifs is 1. The molecule has 24 heavy (non-hydrogen) atoms. The molecule has 6 heteroatoms. The molecule has 0 fully saturated rings. The van der Waals surface area contributed by atoms with E-state index in [1.54, 1.807) is 24.5 Å². The summed E-state index contributed by atoms with van der Waals surface area (Å²) in [5.74, 6) is 0.998. The topological polar surface area (TPSA) is 60.5 Å². The number of hydrogen-bond acceptors (Lipinski definition) is 4. The van der Waals surface area contributed by atoms with Gasteiger partial charge in [0, 0.05) is 31.4 Å². The quantitative estimate of drug-likeness (QED) is 0.865. The molecule has 1 amide bonds. The number of pyridine rings is 1. The third-order valence-electron chi connectivity index (χ3n) is 3.44. The summed E-state index contributed by atoms with van der Waals surface area (Å²) in [7, 11) is 0. The van der Waals surface area contributed by atoms with Gasteiger partial charge in [0.25, 0.3) is 0 Å². The first kappa shape index (κ1) is 16.3. The van der Waals surface area contributed by atoms with Gasteiger partial charge in [-0.15, -0.1) is 0 Å². The Kier molecular flexibility index (Phi) is 5.33. The minimum absolute atomic E-state index is 0.193. The van der Waals surface area contributed by atoms with Crippen LogP contribution in [-0.4, -0.2) is 24.1 Å². The molecule has 0 radical (unpaired) electrons. The van der Waals surface area contributed by atoms with E-state index in [-0.39, 0.29) is 5.91 Å². The maximum absolute atomic E-state index is 11.9.